The second kappa shape index (κ2) is 8.14. The smallest absolute Gasteiger partial charge is 0.276 e. The van der Waals surface area contributed by atoms with Gasteiger partial charge in [0.05, 0.1) is 17.6 Å². The van der Waals surface area contributed by atoms with Crippen LogP contribution >= 0.6 is 0 Å². The number of carbonyl (C=O) groups excluding carboxylic acids is 1. The van der Waals surface area contributed by atoms with Crippen LogP contribution in [0.2, 0.25) is 0 Å². The van der Waals surface area contributed by atoms with Crippen LogP contribution in [0.5, 0.6) is 0 Å². The van der Waals surface area contributed by atoms with E-state index >= 15 is 0 Å². The van der Waals surface area contributed by atoms with Crippen LogP contribution in [-0.2, 0) is 16.6 Å². The third-order valence-electron chi connectivity index (χ3n) is 4.85. The van der Waals surface area contributed by atoms with Crippen molar-refractivity contribution >= 4 is 15.9 Å². The number of nitrogens with zero attached hydrogens (tertiary/aromatic N) is 5. The molecule has 1 amide bonds. The molecule has 1 aliphatic rings. The minimum atomic E-state index is -3.54. The maximum absolute atomic E-state index is 12.7. The van der Waals surface area contributed by atoms with Gasteiger partial charge in [-0.05, 0) is 17.7 Å². The number of hydrogen-bond donors (Lipinski definition) is 0. The van der Waals surface area contributed by atoms with Crippen molar-refractivity contribution in [2.75, 3.05) is 26.2 Å². The lowest BCUT2D eigenvalue weighted by molar-refractivity contribution is 0.0692. The molecule has 0 N–H and O–H groups in total. The van der Waals surface area contributed by atoms with Gasteiger partial charge in [-0.3, -0.25) is 4.79 Å². The SMILES string of the molecule is O=C(c1cn(Cc2ccccc2)nn1)N1CCN(S(=O)(=O)c2ccccc2)CC1. The van der Waals surface area contributed by atoms with Crippen LogP contribution in [0.4, 0.5) is 0 Å². The van der Waals surface area contributed by atoms with Crippen LogP contribution in [0.15, 0.2) is 71.8 Å². The fraction of sp³-hybridized carbons (Fsp3) is 0.250. The fourth-order valence-electron chi connectivity index (χ4n) is 3.28. The average Bonchev–Trinajstić information content (AvgIpc) is 3.23. The van der Waals surface area contributed by atoms with Gasteiger partial charge in [-0.25, -0.2) is 13.1 Å². The maximum atomic E-state index is 12.7. The van der Waals surface area contributed by atoms with E-state index in [9.17, 15) is 13.2 Å². The lowest BCUT2D eigenvalue weighted by Crippen LogP contribution is -2.50. The Morgan fingerprint density at radius 1 is 0.897 bits per heavy atom. The highest BCUT2D eigenvalue weighted by atomic mass is 32.2. The standard InChI is InChI=1S/C20H21N5O3S/c26-20(19-16-24(22-21-19)15-17-7-3-1-4-8-17)23-11-13-25(14-12-23)29(27,28)18-9-5-2-6-10-18/h1-10,16H,11-15H2. The third kappa shape index (κ3) is 4.20. The van der Waals surface area contributed by atoms with Gasteiger partial charge >= 0.3 is 0 Å². The predicted octanol–water partition coefficient (Wildman–Crippen LogP) is 1.47. The molecule has 9 heteroatoms. The van der Waals surface area contributed by atoms with Crippen molar-refractivity contribution in [1.29, 1.82) is 0 Å². The van der Waals surface area contributed by atoms with Gasteiger partial charge in [-0.2, -0.15) is 4.31 Å². The second-order valence-corrected chi connectivity index (χ2v) is 8.73. The first-order chi connectivity index (χ1) is 14.0. The summed E-state index contributed by atoms with van der Waals surface area (Å²) in [6, 6.07) is 18.1. The van der Waals surface area contributed by atoms with Crippen molar-refractivity contribution in [2.45, 2.75) is 11.4 Å². The fourth-order valence-corrected chi connectivity index (χ4v) is 4.72. The molecule has 0 bridgehead atoms. The summed E-state index contributed by atoms with van der Waals surface area (Å²) in [7, 11) is -3.54. The Morgan fingerprint density at radius 2 is 1.52 bits per heavy atom. The maximum Gasteiger partial charge on any atom is 0.276 e. The molecule has 3 aromatic rings. The number of rotatable bonds is 5. The van der Waals surface area contributed by atoms with Crippen LogP contribution in [0.3, 0.4) is 0 Å². The van der Waals surface area contributed by atoms with E-state index < -0.39 is 10.0 Å². The lowest BCUT2D eigenvalue weighted by Gasteiger charge is -2.33. The number of amides is 1. The molecule has 2 aromatic carbocycles. The van der Waals surface area contributed by atoms with Crippen molar-refractivity contribution in [3.8, 4) is 0 Å². The number of piperazine rings is 1. The van der Waals surface area contributed by atoms with Crippen molar-refractivity contribution in [3.63, 3.8) is 0 Å². The van der Waals surface area contributed by atoms with Gasteiger partial charge in [0.15, 0.2) is 5.69 Å². The highest BCUT2D eigenvalue weighted by molar-refractivity contribution is 7.89. The molecule has 1 aliphatic heterocycles. The Bertz CT molecular complexity index is 1080. The van der Waals surface area contributed by atoms with E-state index in [0.29, 0.717) is 19.6 Å². The highest BCUT2D eigenvalue weighted by Gasteiger charge is 2.31. The number of benzene rings is 2. The summed E-state index contributed by atoms with van der Waals surface area (Å²) in [6.45, 7) is 1.67. The van der Waals surface area contributed by atoms with Crippen molar-refractivity contribution in [3.05, 3.63) is 78.1 Å². The first-order valence-corrected chi connectivity index (χ1v) is 10.8. The predicted molar refractivity (Wildman–Crippen MR) is 107 cm³/mol. The van der Waals surface area contributed by atoms with Crippen LogP contribution < -0.4 is 0 Å². The zero-order valence-corrected chi connectivity index (χ0v) is 16.6. The molecule has 4 rings (SSSR count). The Balaban J connectivity index is 1.38. The van der Waals surface area contributed by atoms with Crippen LogP contribution in [0.1, 0.15) is 16.1 Å². The summed E-state index contributed by atoms with van der Waals surface area (Å²) in [4.78, 5) is 14.6. The first kappa shape index (κ1) is 19.3. The van der Waals surface area contributed by atoms with Gasteiger partial charge in [-0.15, -0.1) is 5.10 Å². The molecule has 2 heterocycles. The van der Waals surface area contributed by atoms with E-state index in [1.807, 2.05) is 30.3 Å². The highest BCUT2D eigenvalue weighted by Crippen LogP contribution is 2.18. The molecule has 1 fully saturated rings. The van der Waals surface area contributed by atoms with E-state index in [-0.39, 0.29) is 29.6 Å². The van der Waals surface area contributed by atoms with Crippen LogP contribution in [0, 0.1) is 0 Å². The van der Waals surface area contributed by atoms with E-state index in [1.165, 1.54) is 4.31 Å². The van der Waals surface area contributed by atoms with Crippen LogP contribution in [-0.4, -0.2) is 64.7 Å². The molecule has 1 aromatic heterocycles. The van der Waals surface area contributed by atoms with E-state index in [0.717, 1.165) is 5.56 Å². The molecular weight excluding hydrogens is 390 g/mol. The molecule has 0 radical (unpaired) electrons. The number of aromatic nitrogens is 3. The average molecular weight is 411 g/mol. The van der Waals surface area contributed by atoms with Gasteiger partial charge in [0.2, 0.25) is 10.0 Å². The van der Waals surface area contributed by atoms with Gasteiger partial charge in [0.25, 0.3) is 5.91 Å². The summed E-state index contributed by atoms with van der Waals surface area (Å²) in [6.07, 6.45) is 1.63. The first-order valence-electron chi connectivity index (χ1n) is 9.32. The van der Waals surface area contributed by atoms with Crippen molar-refractivity contribution < 1.29 is 13.2 Å². The molecule has 150 valence electrons. The minimum absolute atomic E-state index is 0.235. The van der Waals surface area contributed by atoms with Gasteiger partial charge in [0, 0.05) is 26.2 Å². The van der Waals surface area contributed by atoms with Crippen molar-refractivity contribution in [1.82, 2.24) is 24.2 Å². The van der Waals surface area contributed by atoms with E-state index in [2.05, 4.69) is 10.3 Å². The van der Waals surface area contributed by atoms with E-state index in [1.54, 1.807) is 46.1 Å². The number of sulfonamides is 1. The van der Waals surface area contributed by atoms with E-state index in [4.69, 9.17) is 0 Å². The summed E-state index contributed by atoms with van der Waals surface area (Å²) >= 11 is 0. The largest absolute Gasteiger partial charge is 0.335 e. The number of carbonyl (C=O) groups is 1. The molecule has 0 saturated carbocycles. The molecule has 0 aliphatic carbocycles. The van der Waals surface area contributed by atoms with Crippen LogP contribution in [0.25, 0.3) is 0 Å². The normalized spacial score (nSPS) is 15.4. The Morgan fingerprint density at radius 3 is 2.17 bits per heavy atom. The minimum Gasteiger partial charge on any atom is -0.335 e. The molecule has 0 spiro atoms. The summed E-state index contributed by atoms with van der Waals surface area (Å²) in [5, 5.41) is 8.03. The van der Waals surface area contributed by atoms with Gasteiger partial charge in [-0.1, -0.05) is 53.7 Å². The van der Waals surface area contributed by atoms with Gasteiger partial charge < -0.3 is 4.90 Å². The monoisotopic (exact) mass is 411 g/mol. The number of hydrogen-bond acceptors (Lipinski definition) is 5. The summed E-state index contributed by atoms with van der Waals surface area (Å²) in [5.74, 6) is -0.235. The second-order valence-electron chi connectivity index (χ2n) is 6.80. The summed E-state index contributed by atoms with van der Waals surface area (Å²) < 4.78 is 28.5. The molecule has 29 heavy (non-hydrogen) atoms. The molecule has 1 saturated heterocycles. The summed E-state index contributed by atoms with van der Waals surface area (Å²) in [5.41, 5.74) is 1.33. The molecule has 0 unspecified atom stereocenters. The molecule has 0 atom stereocenters. The lowest BCUT2D eigenvalue weighted by atomic mass is 10.2. The molecule has 8 nitrogen and oxygen atoms in total. The Kier molecular flexibility index (Phi) is 5.41. The van der Waals surface area contributed by atoms with Gasteiger partial charge in [0.1, 0.15) is 0 Å². The topological polar surface area (TPSA) is 88.4 Å². The quantitative estimate of drug-likeness (QED) is 0.634. The molecular formula is C20H21N5O3S. The third-order valence-corrected chi connectivity index (χ3v) is 6.76. The zero-order valence-electron chi connectivity index (χ0n) is 15.8. The zero-order chi connectivity index (χ0) is 20.3. The van der Waals surface area contributed by atoms with Crippen molar-refractivity contribution in [2.24, 2.45) is 0 Å². The Hall–Kier alpha value is -3.04. The Labute approximate surface area is 169 Å².